The highest BCUT2D eigenvalue weighted by Gasteiger charge is 2.16. The van der Waals surface area contributed by atoms with Gasteiger partial charge in [0.2, 0.25) is 5.91 Å². The van der Waals surface area contributed by atoms with Gasteiger partial charge < -0.3 is 15.6 Å². The number of H-pyrrole nitrogens is 1. The molecule has 0 saturated carbocycles. The van der Waals surface area contributed by atoms with Gasteiger partial charge in [-0.25, -0.2) is 0 Å². The lowest BCUT2D eigenvalue weighted by Gasteiger charge is -2.20. The van der Waals surface area contributed by atoms with Crippen molar-refractivity contribution in [2.24, 2.45) is 0 Å². The van der Waals surface area contributed by atoms with Crippen LogP contribution in [0.1, 0.15) is 41.7 Å². The molecule has 0 fully saturated rings. The molecule has 0 spiro atoms. The van der Waals surface area contributed by atoms with E-state index in [4.69, 9.17) is 0 Å². The standard InChI is InChI=1S/C11H13N.C9H9NO.C9H9N.CH4/c1-8-3-5-10-6-4-9(2)12-11(10)7-8;1-6-2-3-8-7(4-6)5-9(11)10-8;1-7-2-3-9-8(6-7)4-5-10-9;/h3,5,7,12H,2,4,6H2,1H3;2-4H,5H2,1H3,(H,10,11);2-6,10H,1H3;1H4. The fourth-order valence-corrected chi connectivity index (χ4v) is 4.09. The highest BCUT2D eigenvalue weighted by atomic mass is 16.1. The van der Waals surface area contributed by atoms with Crippen molar-refractivity contribution in [1.82, 2.24) is 4.98 Å². The largest absolute Gasteiger partial charge is 0.361 e. The van der Waals surface area contributed by atoms with Crippen molar-refractivity contribution < 1.29 is 4.79 Å². The highest BCUT2D eigenvalue weighted by Crippen LogP contribution is 2.26. The van der Waals surface area contributed by atoms with E-state index in [9.17, 15) is 4.79 Å². The average Bonchev–Trinajstić information content (AvgIpc) is 3.39. The number of rotatable bonds is 0. The number of fused-ring (bicyclic) bond motifs is 3. The number of aromatic amines is 1. The van der Waals surface area contributed by atoms with Crippen LogP contribution in [0, 0.1) is 20.8 Å². The van der Waals surface area contributed by atoms with Crippen LogP contribution < -0.4 is 10.6 Å². The normalized spacial score (nSPS) is 13.1. The number of anilines is 2. The minimum atomic E-state index is 0. The van der Waals surface area contributed by atoms with Gasteiger partial charge in [0.25, 0.3) is 0 Å². The molecular formula is C30H35N3O. The first kappa shape index (κ1) is 24.8. The van der Waals surface area contributed by atoms with Crippen LogP contribution >= 0.6 is 0 Å². The number of allylic oxidation sites excluding steroid dienone is 1. The molecule has 6 rings (SSSR count). The van der Waals surface area contributed by atoms with Gasteiger partial charge >= 0.3 is 0 Å². The van der Waals surface area contributed by atoms with E-state index in [1.165, 1.54) is 38.8 Å². The van der Waals surface area contributed by atoms with Crippen molar-refractivity contribution in [2.45, 2.75) is 47.5 Å². The van der Waals surface area contributed by atoms with Crippen LogP contribution in [0.15, 0.2) is 79.1 Å². The highest BCUT2D eigenvalue weighted by molar-refractivity contribution is 5.99. The SMILES string of the molecule is C.C=C1CCc2ccc(C)cc2N1.Cc1ccc2[nH]ccc2c1.Cc1ccc2c(c1)CC(=O)N2. The Hall–Kier alpha value is -3.79. The first-order valence-corrected chi connectivity index (χ1v) is 11.3. The van der Waals surface area contributed by atoms with Gasteiger partial charge in [0, 0.05) is 28.8 Å². The predicted octanol–water partition coefficient (Wildman–Crippen LogP) is 7.47. The molecule has 0 radical (unpaired) electrons. The van der Waals surface area contributed by atoms with Gasteiger partial charge in [-0.15, -0.1) is 0 Å². The summed E-state index contributed by atoms with van der Waals surface area (Å²) in [6.45, 7) is 10.2. The van der Waals surface area contributed by atoms with E-state index < -0.39 is 0 Å². The van der Waals surface area contributed by atoms with E-state index in [1.54, 1.807) is 0 Å². The maximum absolute atomic E-state index is 10.9. The Morgan fingerprint density at radius 1 is 0.735 bits per heavy atom. The topological polar surface area (TPSA) is 56.9 Å². The monoisotopic (exact) mass is 453 g/mol. The molecule has 2 aliphatic heterocycles. The lowest BCUT2D eigenvalue weighted by atomic mass is 10.0. The summed E-state index contributed by atoms with van der Waals surface area (Å²) in [6, 6.07) is 21.0. The Bertz CT molecular complexity index is 1320. The number of aromatic nitrogens is 1. The summed E-state index contributed by atoms with van der Waals surface area (Å²) in [6.07, 6.45) is 4.69. The summed E-state index contributed by atoms with van der Waals surface area (Å²) in [4.78, 5) is 14.0. The lowest BCUT2D eigenvalue weighted by Crippen LogP contribution is -2.08. The van der Waals surface area contributed by atoms with Gasteiger partial charge in [0.05, 0.1) is 6.42 Å². The maximum atomic E-state index is 10.9. The summed E-state index contributed by atoms with van der Waals surface area (Å²) in [5, 5.41) is 7.38. The van der Waals surface area contributed by atoms with Crippen LogP contribution in [-0.2, 0) is 17.6 Å². The number of nitrogens with one attached hydrogen (secondary N) is 3. The third-order valence-corrected chi connectivity index (χ3v) is 5.87. The molecule has 34 heavy (non-hydrogen) atoms. The molecule has 4 nitrogen and oxygen atoms in total. The predicted molar refractivity (Wildman–Crippen MR) is 146 cm³/mol. The van der Waals surface area contributed by atoms with Gasteiger partial charge in [-0.1, -0.05) is 55.5 Å². The van der Waals surface area contributed by atoms with Crippen LogP contribution in [0.3, 0.4) is 0 Å². The Labute approximate surface area is 203 Å². The fourth-order valence-electron chi connectivity index (χ4n) is 4.09. The zero-order valence-corrected chi connectivity index (χ0v) is 19.6. The van der Waals surface area contributed by atoms with Crippen LogP contribution in [0.2, 0.25) is 0 Å². The van der Waals surface area contributed by atoms with Gasteiger partial charge in [0.15, 0.2) is 0 Å². The third-order valence-electron chi connectivity index (χ3n) is 5.87. The second kappa shape index (κ2) is 10.9. The van der Waals surface area contributed by atoms with E-state index in [1.807, 2.05) is 31.3 Å². The molecule has 3 aromatic carbocycles. The zero-order chi connectivity index (χ0) is 23.4. The van der Waals surface area contributed by atoms with Crippen molar-refractivity contribution in [2.75, 3.05) is 10.6 Å². The van der Waals surface area contributed by atoms with Crippen LogP contribution in [0.4, 0.5) is 11.4 Å². The smallest absolute Gasteiger partial charge is 0.228 e. The van der Waals surface area contributed by atoms with E-state index in [-0.39, 0.29) is 13.3 Å². The lowest BCUT2D eigenvalue weighted by molar-refractivity contribution is -0.115. The summed E-state index contributed by atoms with van der Waals surface area (Å²) in [5.74, 6) is 0.102. The molecular weight excluding hydrogens is 418 g/mol. The van der Waals surface area contributed by atoms with E-state index in [0.717, 1.165) is 29.8 Å². The number of hydrogen-bond donors (Lipinski definition) is 3. The maximum Gasteiger partial charge on any atom is 0.228 e. The Balaban J connectivity index is 0.000000141. The van der Waals surface area contributed by atoms with E-state index >= 15 is 0 Å². The van der Waals surface area contributed by atoms with Crippen LogP contribution in [0.5, 0.6) is 0 Å². The van der Waals surface area contributed by atoms with Gasteiger partial charge in [-0.05, 0) is 86.0 Å². The molecule has 4 heteroatoms. The first-order chi connectivity index (χ1) is 15.9. The molecule has 4 aromatic rings. The summed E-state index contributed by atoms with van der Waals surface area (Å²) >= 11 is 0. The molecule has 3 N–H and O–H groups in total. The summed E-state index contributed by atoms with van der Waals surface area (Å²) in [5.41, 5.74) is 10.9. The number of amides is 1. The molecule has 0 unspecified atom stereocenters. The van der Waals surface area contributed by atoms with Crippen molar-refractivity contribution >= 4 is 28.2 Å². The molecule has 176 valence electrons. The summed E-state index contributed by atoms with van der Waals surface area (Å²) < 4.78 is 0. The quantitative estimate of drug-likeness (QED) is 0.259. The van der Waals surface area contributed by atoms with Crippen molar-refractivity contribution in [3.8, 4) is 0 Å². The summed E-state index contributed by atoms with van der Waals surface area (Å²) in [7, 11) is 0. The zero-order valence-electron chi connectivity index (χ0n) is 19.6. The van der Waals surface area contributed by atoms with Gasteiger partial charge in [0.1, 0.15) is 0 Å². The number of carbonyl (C=O) groups is 1. The molecule has 0 atom stereocenters. The second-order valence-corrected chi connectivity index (χ2v) is 8.84. The van der Waals surface area contributed by atoms with Crippen molar-refractivity contribution in [3.05, 3.63) is 107 Å². The molecule has 2 aliphatic rings. The van der Waals surface area contributed by atoms with E-state index in [2.05, 4.69) is 78.5 Å². The molecule has 1 amide bonds. The molecule has 0 saturated heterocycles. The van der Waals surface area contributed by atoms with E-state index in [0.29, 0.717) is 6.42 Å². The van der Waals surface area contributed by atoms with Gasteiger partial charge in [-0.3, -0.25) is 4.79 Å². The number of benzene rings is 3. The number of carbonyl (C=O) groups excluding carboxylic acids is 1. The minimum absolute atomic E-state index is 0. The molecule has 0 bridgehead atoms. The van der Waals surface area contributed by atoms with Crippen molar-refractivity contribution in [1.29, 1.82) is 0 Å². The Morgan fingerprint density at radius 3 is 2.26 bits per heavy atom. The van der Waals surface area contributed by atoms with Gasteiger partial charge in [-0.2, -0.15) is 0 Å². The third kappa shape index (κ3) is 6.16. The number of aryl methyl sites for hydroxylation is 4. The Kier molecular flexibility index (Phi) is 7.95. The second-order valence-electron chi connectivity index (χ2n) is 8.84. The number of hydrogen-bond acceptors (Lipinski definition) is 2. The molecule has 0 aliphatic carbocycles. The van der Waals surface area contributed by atoms with Crippen LogP contribution in [-0.4, -0.2) is 10.9 Å². The fraction of sp³-hybridized carbons (Fsp3) is 0.233. The molecule has 1 aromatic heterocycles. The first-order valence-electron chi connectivity index (χ1n) is 11.3. The average molecular weight is 454 g/mol. The van der Waals surface area contributed by atoms with Crippen molar-refractivity contribution in [3.63, 3.8) is 0 Å². The molecule has 3 heterocycles. The Morgan fingerprint density at radius 2 is 1.44 bits per heavy atom. The van der Waals surface area contributed by atoms with Crippen LogP contribution in [0.25, 0.3) is 10.9 Å². The minimum Gasteiger partial charge on any atom is -0.361 e.